The van der Waals surface area contributed by atoms with Crippen molar-refractivity contribution in [3.8, 4) is 0 Å². The molecular formula is C15H24N4. The van der Waals surface area contributed by atoms with E-state index in [-0.39, 0.29) is 0 Å². The van der Waals surface area contributed by atoms with E-state index in [1.807, 2.05) is 17.1 Å². The van der Waals surface area contributed by atoms with Crippen LogP contribution >= 0.6 is 0 Å². The molecule has 0 spiro atoms. The molecule has 0 amide bonds. The van der Waals surface area contributed by atoms with Crippen molar-refractivity contribution in [1.29, 1.82) is 0 Å². The molecule has 2 N–H and O–H groups in total. The fourth-order valence-electron chi connectivity index (χ4n) is 2.41. The van der Waals surface area contributed by atoms with Crippen LogP contribution in [0.15, 0.2) is 18.6 Å². The second-order valence-electron chi connectivity index (χ2n) is 5.15. The monoisotopic (exact) mass is 260 g/mol. The molecule has 0 unspecified atom stereocenters. The van der Waals surface area contributed by atoms with Crippen molar-refractivity contribution in [2.45, 2.75) is 58.4 Å². The van der Waals surface area contributed by atoms with Gasteiger partial charge in [0.1, 0.15) is 0 Å². The second kappa shape index (κ2) is 7.12. The molecule has 0 atom stereocenters. The highest BCUT2D eigenvalue weighted by atomic mass is 15.3. The maximum absolute atomic E-state index is 5.88. The first-order valence-corrected chi connectivity index (χ1v) is 7.38. The third kappa shape index (κ3) is 3.69. The van der Waals surface area contributed by atoms with Gasteiger partial charge in [0.05, 0.1) is 29.8 Å². The molecular weight excluding hydrogens is 236 g/mol. The summed E-state index contributed by atoms with van der Waals surface area (Å²) < 4.78 is 2.02. The number of rotatable bonds is 8. The Hall–Kier alpha value is -1.58. The van der Waals surface area contributed by atoms with E-state index in [1.165, 1.54) is 44.9 Å². The molecule has 0 saturated carbocycles. The fourth-order valence-corrected chi connectivity index (χ4v) is 2.41. The summed E-state index contributed by atoms with van der Waals surface area (Å²) in [5.74, 6) is 0. The molecule has 0 saturated heterocycles. The van der Waals surface area contributed by atoms with Crippen LogP contribution in [0.3, 0.4) is 0 Å². The highest BCUT2D eigenvalue weighted by Crippen LogP contribution is 2.19. The van der Waals surface area contributed by atoms with E-state index in [0.29, 0.717) is 5.69 Å². The molecule has 0 aliphatic heterocycles. The number of fused-ring (bicyclic) bond motifs is 1. The molecule has 0 fully saturated rings. The molecule has 0 bridgehead atoms. The molecule has 2 heterocycles. The van der Waals surface area contributed by atoms with Gasteiger partial charge in [0, 0.05) is 11.9 Å². The van der Waals surface area contributed by atoms with Gasteiger partial charge in [-0.3, -0.25) is 9.67 Å². The van der Waals surface area contributed by atoms with E-state index >= 15 is 0 Å². The van der Waals surface area contributed by atoms with Crippen LogP contribution in [0.5, 0.6) is 0 Å². The Morgan fingerprint density at radius 3 is 2.53 bits per heavy atom. The second-order valence-corrected chi connectivity index (χ2v) is 5.15. The van der Waals surface area contributed by atoms with Crippen molar-refractivity contribution in [3.63, 3.8) is 0 Å². The van der Waals surface area contributed by atoms with Gasteiger partial charge in [-0.2, -0.15) is 5.10 Å². The lowest BCUT2D eigenvalue weighted by molar-refractivity contribution is 0.532. The largest absolute Gasteiger partial charge is 0.397 e. The van der Waals surface area contributed by atoms with Gasteiger partial charge in [-0.05, 0) is 6.42 Å². The smallest absolute Gasteiger partial charge is 0.0886 e. The fraction of sp³-hybridized carbons (Fsp3) is 0.600. The van der Waals surface area contributed by atoms with Gasteiger partial charge in [0.2, 0.25) is 0 Å². The van der Waals surface area contributed by atoms with Gasteiger partial charge in [-0.25, -0.2) is 0 Å². The zero-order valence-corrected chi connectivity index (χ0v) is 11.8. The third-order valence-electron chi connectivity index (χ3n) is 3.58. The number of unbranched alkanes of at least 4 members (excludes halogenated alkanes) is 6. The minimum Gasteiger partial charge on any atom is -0.397 e. The van der Waals surface area contributed by atoms with Gasteiger partial charge in [-0.15, -0.1) is 0 Å². The van der Waals surface area contributed by atoms with Crippen molar-refractivity contribution in [3.05, 3.63) is 18.6 Å². The average molecular weight is 260 g/mol. The maximum Gasteiger partial charge on any atom is 0.0886 e. The van der Waals surface area contributed by atoms with E-state index in [1.54, 1.807) is 6.20 Å². The molecule has 4 nitrogen and oxygen atoms in total. The molecule has 104 valence electrons. The number of hydrogen-bond acceptors (Lipinski definition) is 3. The van der Waals surface area contributed by atoms with Crippen LogP contribution in [-0.4, -0.2) is 14.8 Å². The summed E-state index contributed by atoms with van der Waals surface area (Å²) in [6, 6.07) is 0. The Morgan fingerprint density at radius 2 is 1.74 bits per heavy atom. The van der Waals surface area contributed by atoms with E-state index in [0.717, 1.165) is 17.4 Å². The zero-order valence-electron chi connectivity index (χ0n) is 11.8. The Balaban J connectivity index is 1.77. The van der Waals surface area contributed by atoms with Crippen molar-refractivity contribution in [2.24, 2.45) is 0 Å². The van der Waals surface area contributed by atoms with E-state index in [4.69, 9.17) is 5.73 Å². The highest BCUT2D eigenvalue weighted by Gasteiger charge is 2.04. The van der Waals surface area contributed by atoms with Crippen molar-refractivity contribution in [1.82, 2.24) is 14.8 Å². The Labute approximate surface area is 115 Å². The molecule has 0 aliphatic carbocycles. The number of nitrogen functional groups attached to an aromatic ring is 1. The number of hydrogen-bond donors (Lipinski definition) is 1. The minimum atomic E-state index is 0.711. The normalized spacial score (nSPS) is 11.2. The molecule has 0 aromatic carbocycles. The maximum atomic E-state index is 5.88. The number of anilines is 1. The van der Waals surface area contributed by atoms with Gasteiger partial charge in [-0.1, -0.05) is 45.4 Å². The van der Waals surface area contributed by atoms with Gasteiger partial charge >= 0.3 is 0 Å². The molecule has 4 heteroatoms. The summed E-state index contributed by atoms with van der Waals surface area (Å²) in [5, 5.41) is 5.41. The molecule has 0 aliphatic rings. The summed E-state index contributed by atoms with van der Waals surface area (Å²) in [6.07, 6.45) is 14.6. The number of aromatic nitrogens is 3. The van der Waals surface area contributed by atoms with E-state index in [9.17, 15) is 0 Å². The van der Waals surface area contributed by atoms with Crippen molar-refractivity contribution >= 4 is 16.6 Å². The Morgan fingerprint density at radius 1 is 1.00 bits per heavy atom. The standard InChI is InChI=1S/C15H24N4/c1-2-3-4-5-6-7-8-9-19-15-12-17-11-14(16)13(15)10-18-19/h10-12H,2-9,16H2,1H3. The lowest BCUT2D eigenvalue weighted by Crippen LogP contribution is -2.00. The number of pyridine rings is 1. The van der Waals surface area contributed by atoms with E-state index in [2.05, 4.69) is 17.0 Å². The first kappa shape index (κ1) is 13.8. The summed E-state index contributed by atoms with van der Waals surface area (Å²) in [4.78, 5) is 4.14. The van der Waals surface area contributed by atoms with Crippen LogP contribution in [0.4, 0.5) is 5.69 Å². The minimum absolute atomic E-state index is 0.711. The Bertz CT molecular complexity index is 504. The van der Waals surface area contributed by atoms with Crippen LogP contribution in [0.2, 0.25) is 0 Å². The lowest BCUT2D eigenvalue weighted by atomic mass is 10.1. The van der Waals surface area contributed by atoms with Crippen LogP contribution in [-0.2, 0) is 6.54 Å². The van der Waals surface area contributed by atoms with Gasteiger partial charge in [0.25, 0.3) is 0 Å². The summed E-state index contributed by atoms with van der Waals surface area (Å²) in [5.41, 5.74) is 7.64. The van der Waals surface area contributed by atoms with Crippen molar-refractivity contribution < 1.29 is 0 Å². The van der Waals surface area contributed by atoms with E-state index < -0.39 is 0 Å². The Kier molecular flexibility index (Phi) is 5.19. The quantitative estimate of drug-likeness (QED) is 0.735. The summed E-state index contributed by atoms with van der Waals surface area (Å²) >= 11 is 0. The van der Waals surface area contributed by atoms with Gasteiger partial charge < -0.3 is 5.73 Å². The number of nitrogens with two attached hydrogens (primary N) is 1. The van der Waals surface area contributed by atoms with Crippen LogP contribution in [0, 0.1) is 0 Å². The predicted molar refractivity (Wildman–Crippen MR) is 79.9 cm³/mol. The molecule has 19 heavy (non-hydrogen) atoms. The summed E-state index contributed by atoms with van der Waals surface area (Å²) in [7, 11) is 0. The zero-order chi connectivity index (χ0) is 13.5. The van der Waals surface area contributed by atoms with Crippen molar-refractivity contribution in [2.75, 3.05) is 5.73 Å². The highest BCUT2D eigenvalue weighted by molar-refractivity contribution is 5.88. The molecule has 2 rings (SSSR count). The van der Waals surface area contributed by atoms with Gasteiger partial charge in [0.15, 0.2) is 0 Å². The lowest BCUT2D eigenvalue weighted by Gasteiger charge is -2.04. The third-order valence-corrected chi connectivity index (χ3v) is 3.58. The summed E-state index contributed by atoms with van der Waals surface area (Å²) in [6.45, 7) is 3.21. The predicted octanol–water partition coefficient (Wildman–Crippen LogP) is 3.76. The molecule has 2 aromatic heterocycles. The molecule has 2 aromatic rings. The number of aryl methyl sites for hydroxylation is 1. The van der Waals surface area contributed by atoms with Crippen LogP contribution in [0.1, 0.15) is 51.9 Å². The van der Waals surface area contributed by atoms with Crippen LogP contribution < -0.4 is 5.73 Å². The first-order chi connectivity index (χ1) is 9.33. The SMILES string of the molecule is CCCCCCCCCn1ncc2c(N)cncc21. The number of nitrogens with zero attached hydrogens (tertiary/aromatic N) is 3. The van der Waals surface area contributed by atoms with Crippen LogP contribution in [0.25, 0.3) is 10.9 Å². The average Bonchev–Trinajstić information content (AvgIpc) is 2.83. The molecule has 0 radical (unpaired) electrons. The topological polar surface area (TPSA) is 56.7 Å². The first-order valence-electron chi connectivity index (χ1n) is 7.38.